The number of nitrogens with zero attached hydrogens (tertiary/aromatic N) is 2. The van der Waals surface area contributed by atoms with Gasteiger partial charge in [-0.15, -0.1) is 0 Å². The monoisotopic (exact) mass is 323 g/mol. The fraction of sp³-hybridized carbons (Fsp3) is 0.0769. The Hall–Kier alpha value is -2.06. The number of aromatic nitrogens is 2. The summed E-state index contributed by atoms with van der Waals surface area (Å²) in [7, 11) is -3.58. The molecule has 0 unspecified atom stereocenters. The quantitative estimate of drug-likeness (QED) is 0.783. The van der Waals surface area contributed by atoms with Crippen molar-refractivity contribution in [3.8, 4) is 11.3 Å². The van der Waals surface area contributed by atoms with Gasteiger partial charge in [-0.05, 0) is 24.3 Å². The molecule has 0 bridgehead atoms. The normalized spacial score (nSPS) is 11.9. The van der Waals surface area contributed by atoms with Crippen LogP contribution in [0.15, 0.2) is 35.2 Å². The number of halogens is 1. The minimum absolute atomic E-state index is 0.325. The molecule has 0 radical (unpaired) electrons. The van der Waals surface area contributed by atoms with Gasteiger partial charge in [0, 0.05) is 11.8 Å². The third-order valence-electron chi connectivity index (χ3n) is 2.90. The van der Waals surface area contributed by atoms with Crippen LogP contribution in [0.4, 0.5) is 9.52 Å². The van der Waals surface area contributed by atoms with Gasteiger partial charge in [-0.25, -0.2) is 22.8 Å². The molecule has 0 fully saturated rings. The van der Waals surface area contributed by atoms with Crippen molar-refractivity contribution in [3.05, 3.63) is 36.1 Å². The van der Waals surface area contributed by atoms with Crippen molar-refractivity contribution in [2.75, 3.05) is 12.0 Å². The third-order valence-corrected chi connectivity index (χ3v) is 4.82. The van der Waals surface area contributed by atoms with Crippen LogP contribution in [0.1, 0.15) is 0 Å². The van der Waals surface area contributed by atoms with E-state index in [1.165, 1.54) is 23.5 Å². The molecule has 2 aromatic heterocycles. The number of pyridine rings is 1. The zero-order valence-electron chi connectivity index (χ0n) is 10.9. The number of nitrogens with two attached hydrogens (primary N) is 1. The molecule has 3 aromatic rings. The summed E-state index contributed by atoms with van der Waals surface area (Å²) in [5.41, 5.74) is 7.31. The predicted molar refractivity (Wildman–Crippen MR) is 80.3 cm³/mol. The average molecular weight is 323 g/mol. The maximum absolute atomic E-state index is 13.9. The maximum atomic E-state index is 13.9. The lowest BCUT2D eigenvalue weighted by Crippen LogP contribution is -2.00. The van der Waals surface area contributed by atoms with Crippen LogP contribution in [-0.2, 0) is 9.84 Å². The van der Waals surface area contributed by atoms with Crippen molar-refractivity contribution in [1.82, 2.24) is 9.97 Å². The van der Waals surface area contributed by atoms with E-state index in [0.29, 0.717) is 26.7 Å². The van der Waals surface area contributed by atoms with Gasteiger partial charge in [0.2, 0.25) is 0 Å². The van der Waals surface area contributed by atoms with Gasteiger partial charge in [-0.1, -0.05) is 17.4 Å². The number of nitrogen functional groups attached to an aromatic ring is 1. The lowest BCUT2D eigenvalue weighted by Gasteiger charge is -2.04. The average Bonchev–Trinajstić information content (AvgIpc) is 2.76. The van der Waals surface area contributed by atoms with E-state index in [-0.39, 0.29) is 4.90 Å². The number of thiazole rings is 1. The summed E-state index contributed by atoms with van der Waals surface area (Å²) in [6.07, 6.45) is 0.968. The van der Waals surface area contributed by atoms with Crippen molar-refractivity contribution < 1.29 is 12.8 Å². The van der Waals surface area contributed by atoms with Gasteiger partial charge in [0.1, 0.15) is 21.1 Å². The highest BCUT2D eigenvalue weighted by atomic mass is 32.2. The molecule has 0 aliphatic rings. The Bertz CT molecular complexity index is 951. The first-order valence-corrected chi connectivity index (χ1v) is 8.58. The standard InChI is InChI=1S/C13H10FN3O2S2/c1-21(18,19)11-5-2-7(6-8(11)14)9-3-4-10-12(16-9)20-13(15)17-10/h2-6H,1H3,(H2,15,17). The molecular weight excluding hydrogens is 313 g/mol. The molecule has 0 atom stereocenters. The Kier molecular flexibility index (Phi) is 3.14. The number of hydrogen-bond acceptors (Lipinski definition) is 6. The van der Waals surface area contributed by atoms with E-state index in [1.807, 2.05) is 0 Å². The fourth-order valence-electron chi connectivity index (χ4n) is 1.96. The van der Waals surface area contributed by atoms with Gasteiger partial charge in [0.15, 0.2) is 15.0 Å². The zero-order valence-corrected chi connectivity index (χ0v) is 12.5. The number of rotatable bonds is 2. The smallest absolute Gasteiger partial charge is 0.182 e. The summed E-state index contributed by atoms with van der Waals surface area (Å²) in [4.78, 5) is 8.78. The van der Waals surface area contributed by atoms with Crippen LogP contribution in [0.5, 0.6) is 0 Å². The van der Waals surface area contributed by atoms with Crippen molar-refractivity contribution in [2.24, 2.45) is 0 Å². The molecular formula is C13H10FN3O2S2. The van der Waals surface area contributed by atoms with Gasteiger partial charge < -0.3 is 5.73 Å². The number of anilines is 1. The first kappa shape index (κ1) is 13.9. The molecule has 0 spiro atoms. The molecule has 0 aliphatic carbocycles. The lowest BCUT2D eigenvalue weighted by molar-refractivity contribution is 0.571. The van der Waals surface area contributed by atoms with Gasteiger partial charge >= 0.3 is 0 Å². The second-order valence-corrected chi connectivity index (χ2v) is 7.48. The van der Waals surface area contributed by atoms with Crippen molar-refractivity contribution in [2.45, 2.75) is 4.90 Å². The van der Waals surface area contributed by atoms with Gasteiger partial charge in [0.25, 0.3) is 0 Å². The number of hydrogen-bond donors (Lipinski definition) is 1. The van der Waals surface area contributed by atoms with Crippen LogP contribution in [-0.4, -0.2) is 24.6 Å². The van der Waals surface area contributed by atoms with E-state index >= 15 is 0 Å². The molecule has 2 heterocycles. The van der Waals surface area contributed by atoms with Crippen molar-refractivity contribution in [1.29, 1.82) is 0 Å². The highest BCUT2D eigenvalue weighted by Gasteiger charge is 2.15. The molecule has 8 heteroatoms. The van der Waals surface area contributed by atoms with E-state index in [2.05, 4.69) is 9.97 Å². The predicted octanol–water partition coefficient (Wildman–Crippen LogP) is 2.48. The zero-order chi connectivity index (χ0) is 15.2. The summed E-state index contributed by atoms with van der Waals surface area (Å²) >= 11 is 1.24. The molecule has 21 heavy (non-hydrogen) atoms. The molecule has 3 rings (SSSR count). The molecule has 2 N–H and O–H groups in total. The Morgan fingerprint density at radius 3 is 2.62 bits per heavy atom. The van der Waals surface area contributed by atoms with Crippen LogP contribution in [0.25, 0.3) is 21.6 Å². The molecule has 1 aromatic carbocycles. The van der Waals surface area contributed by atoms with Gasteiger partial charge in [0.05, 0.1) is 5.69 Å². The highest BCUT2D eigenvalue weighted by Crippen LogP contribution is 2.27. The fourth-order valence-corrected chi connectivity index (χ4v) is 3.39. The second kappa shape index (κ2) is 4.74. The number of sulfone groups is 1. The van der Waals surface area contributed by atoms with E-state index in [4.69, 9.17) is 5.73 Å². The van der Waals surface area contributed by atoms with Gasteiger partial charge in [-0.2, -0.15) is 0 Å². The summed E-state index contributed by atoms with van der Waals surface area (Å²) in [5, 5.41) is 0.410. The Morgan fingerprint density at radius 2 is 1.95 bits per heavy atom. The largest absolute Gasteiger partial charge is 0.375 e. The van der Waals surface area contributed by atoms with Crippen molar-refractivity contribution in [3.63, 3.8) is 0 Å². The minimum atomic E-state index is -3.58. The summed E-state index contributed by atoms with van der Waals surface area (Å²) < 4.78 is 36.7. The Labute approximate surface area is 124 Å². The summed E-state index contributed by atoms with van der Waals surface area (Å²) in [5.74, 6) is -0.791. The van der Waals surface area contributed by atoms with Crippen LogP contribution in [0, 0.1) is 5.82 Å². The third kappa shape index (κ3) is 2.59. The second-order valence-electron chi connectivity index (χ2n) is 4.49. The van der Waals surface area contributed by atoms with Crippen LogP contribution < -0.4 is 5.73 Å². The maximum Gasteiger partial charge on any atom is 0.182 e. The number of fused-ring (bicyclic) bond motifs is 1. The van der Waals surface area contributed by atoms with E-state index in [0.717, 1.165) is 12.3 Å². The summed E-state index contributed by atoms with van der Waals surface area (Å²) in [6, 6.07) is 7.36. The first-order valence-electron chi connectivity index (χ1n) is 5.87. The molecule has 0 amide bonds. The van der Waals surface area contributed by atoms with Crippen LogP contribution in [0.2, 0.25) is 0 Å². The topological polar surface area (TPSA) is 85.9 Å². The summed E-state index contributed by atoms with van der Waals surface area (Å²) in [6.45, 7) is 0. The molecule has 0 saturated carbocycles. The highest BCUT2D eigenvalue weighted by molar-refractivity contribution is 7.90. The molecule has 5 nitrogen and oxygen atoms in total. The van der Waals surface area contributed by atoms with E-state index < -0.39 is 15.7 Å². The van der Waals surface area contributed by atoms with Gasteiger partial charge in [-0.3, -0.25) is 0 Å². The van der Waals surface area contributed by atoms with E-state index in [9.17, 15) is 12.8 Å². The SMILES string of the molecule is CS(=O)(=O)c1ccc(-c2ccc3nc(N)sc3n2)cc1F. The van der Waals surface area contributed by atoms with Crippen molar-refractivity contribution >= 4 is 36.7 Å². The molecule has 0 aliphatic heterocycles. The van der Waals surface area contributed by atoms with Crippen LogP contribution in [0.3, 0.4) is 0 Å². The van der Waals surface area contributed by atoms with Crippen LogP contribution >= 0.6 is 11.3 Å². The molecule has 108 valence electrons. The molecule has 0 saturated heterocycles. The Morgan fingerprint density at radius 1 is 1.19 bits per heavy atom. The lowest BCUT2D eigenvalue weighted by atomic mass is 10.1. The van der Waals surface area contributed by atoms with E-state index in [1.54, 1.807) is 12.1 Å². The first-order chi connectivity index (χ1) is 9.84. The minimum Gasteiger partial charge on any atom is -0.375 e. The number of benzene rings is 1. The Balaban J connectivity index is 2.12.